The Hall–Kier alpha value is -1.07. The molecule has 0 aromatic heterocycles. The maximum atomic E-state index is 10.9. The van der Waals surface area contributed by atoms with Crippen LogP contribution in [0, 0.1) is 5.92 Å². The number of aromatic hydroxyl groups is 1. The maximum absolute atomic E-state index is 10.9. The lowest BCUT2D eigenvalue weighted by atomic mass is 9.99. The summed E-state index contributed by atoms with van der Waals surface area (Å²) in [7, 11) is 0. The van der Waals surface area contributed by atoms with Crippen molar-refractivity contribution in [3.63, 3.8) is 0 Å². The normalized spacial score (nSPS) is 17.1. The van der Waals surface area contributed by atoms with Gasteiger partial charge in [-0.2, -0.15) is 0 Å². The molecule has 1 aliphatic rings. The Labute approximate surface area is 101 Å². The fourth-order valence-corrected chi connectivity index (χ4v) is 2.22. The highest BCUT2D eigenvalue weighted by atomic mass is 79.9. The Bertz CT molecular complexity index is 443. The van der Waals surface area contributed by atoms with Crippen LogP contribution in [0.15, 0.2) is 16.6 Å². The Balaban J connectivity index is 2.47. The number of carbonyl (C=O) groups is 1. The molecule has 1 saturated carbocycles. The van der Waals surface area contributed by atoms with E-state index in [1.165, 1.54) is 6.07 Å². The lowest BCUT2D eigenvalue weighted by Crippen LogP contribution is -2.14. The van der Waals surface area contributed by atoms with Crippen LogP contribution < -0.4 is 5.73 Å². The van der Waals surface area contributed by atoms with E-state index < -0.39 is 5.97 Å². The van der Waals surface area contributed by atoms with Crippen LogP contribution in [-0.4, -0.2) is 16.2 Å². The molecule has 1 aliphatic carbocycles. The van der Waals surface area contributed by atoms with Crippen LogP contribution in [0.3, 0.4) is 0 Å². The number of nitrogens with two attached hydrogens (primary N) is 1. The lowest BCUT2D eigenvalue weighted by Gasteiger charge is -2.14. The van der Waals surface area contributed by atoms with Crippen molar-refractivity contribution >= 4 is 21.9 Å². The molecule has 1 fully saturated rings. The fraction of sp³-hybridized carbons (Fsp3) is 0.364. The lowest BCUT2D eigenvalue weighted by molar-refractivity contribution is 0.0693. The molecule has 0 radical (unpaired) electrons. The summed E-state index contributed by atoms with van der Waals surface area (Å²) in [5.74, 6) is -1.00. The second kappa shape index (κ2) is 4.07. The third-order valence-corrected chi connectivity index (χ3v) is 3.28. The zero-order valence-electron chi connectivity index (χ0n) is 8.48. The quantitative estimate of drug-likeness (QED) is 0.795. The molecule has 0 aliphatic heterocycles. The number of aromatic carboxylic acids is 1. The van der Waals surface area contributed by atoms with Gasteiger partial charge in [-0.25, -0.2) is 4.79 Å². The molecule has 2 rings (SSSR count). The average Bonchev–Trinajstić information content (AvgIpc) is 3.03. The monoisotopic (exact) mass is 285 g/mol. The van der Waals surface area contributed by atoms with Crippen LogP contribution in [0.4, 0.5) is 0 Å². The zero-order valence-corrected chi connectivity index (χ0v) is 10.1. The highest BCUT2D eigenvalue weighted by Crippen LogP contribution is 2.43. The van der Waals surface area contributed by atoms with E-state index in [1.807, 2.05) is 0 Å². The summed E-state index contributed by atoms with van der Waals surface area (Å²) in [6.07, 6.45) is 2.07. The number of hydrogen-bond donors (Lipinski definition) is 3. The molecular formula is C11H12BrNO3. The standard InChI is InChI=1S/C11H12BrNO3/c12-6-3-7(9(13)5-1-2-5)10(14)8(4-6)11(15)16/h3-5,9,14H,1-2,13H2,(H,15,16)/t9-/m0/s1. The number of carboxylic acids is 1. The van der Waals surface area contributed by atoms with E-state index in [0.29, 0.717) is 16.0 Å². The van der Waals surface area contributed by atoms with Crippen LogP contribution in [0.1, 0.15) is 34.8 Å². The van der Waals surface area contributed by atoms with Crippen molar-refractivity contribution in [1.82, 2.24) is 0 Å². The first-order valence-electron chi connectivity index (χ1n) is 5.02. The highest BCUT2D eigenvalue weighted by molar-refractivity contribution is 9.10. The Kier molecular flexibility index (Phi) is 2.90. The van der Waals surface area contributed by atoms with E-state index in [1.54, 1.807) is 6.07 Å². The van der Waals surface area contributed by atoms with E-state index in [2.05, 4.69) is 15.9 Å². The van der Waals surface area contributed by atoms with E-state index >= 15 is 0 Å². The summed E-state index contributed by atoms with van der Waals surface area (Å²) >= 11 is 3.22. The van der Waals surface area contributed by atoms with Crippen molar-refractivity contribution < 1.29 is 15.0 Å². The molecule has 5 heteroatoms. The molecule has 86 valence electrons. The minimum Gasteiger partial charge on any atom is -0.507 e. The summed E-state index contributed by atoms with van der Waals surface area (Å²) in [5, 5.41) is 18.8. The van der Waals surface area contributed by atoms with Crippen LogP contribution in [0.25, 0.3) is 0 Å². The summed E-state index contributed by atoms with van der Waals surface area (Å²) in [4.78, 5) is 10.9. The SMILES string of the molecule is N[C@H](c1cc(Br)cc(C(=O)O)c1O)C1CC1. The van der Waals surface area contributed by atoms with Gasteiger partial charge in [0.1, 0.15) is 11.3 Å². The van der Waals surface area contributed by atoms with Gasteiger partial charge in [-0.3, -0.25) is 0 Å². The Morgan fingerprint density at radius 1 is 1.50 bits per heavy atom. The number of halogens is 1. The van der Waals surface area contributed by atoms with Crippen LogP contribution in [-0.2, 0) is 0 Å². The zero-order chi connectivity index (χ0) is 11.9. The van der Waals surface area contributed by atoms with Crippen LogP contribution in [0.2, 0.25) is 0 Å². The van der Waals surface area contributed by atoms with E-state index in [4.69, 9.17) is 10.8 Å². The third kappa shape index (κ3) is 2.05. The van der Waals surface area contributed by atoms with E-state index in [9.17, 15) is 9.90 Å². The molecule has 0 heterocycles. The van der Waals surface area contributed by atoms with Gasteiger partial charge in [0.05, 0.1) is 0 Å². The summed E-state index contributed by atoms with van der Waals surface area (Å²) in [5.41, 5.74) is 6.36. The minimum atomic E-state index is -1.15. The predicted octanol–water partition coefficient (Wildman–Crippen LogP) is 2.26. The highest BCUT2D eigenvalue weighted by Gasteiger charge is 2.32. The molecule has 0 unspecified atom stereocenters. The molecule has 1 atom stereocenters. The van der Waals surface area contributed by atoms with Crippen molar-refractivity contribution in [3.05, 3.63) is 27.7 Å². The first-order chi connectivity index (χ1) is 7.50. The average molecular weight is 286 g/mol. The van der Waals surface area contributed by atoms with Crippen molar-refractivity contribution in [3.8, 4) is 5.75 Å². The van der Waals surface area contributed by atoms with Gasteiger partial charge in [-0.05, 0) is 30.9 Å². The van der Waals surface area contributed by atoms with Gasteiger partial charge in [-0.15, -0.1) is 0 Å². The molecule has 0 spiro atoms. The van der Waals surface area contributed by atoms with Gasteiger partial charge in [0.2, 0.25) is 0 Å². The predicted molar refractivity (Wildman–Crippen MR) is 62.4 cm³/mol. The molecule has 16 heavy (non-hydrogen) atoms. The Morgan fingerprint density at radius 3 is 2.62 bits per heavy atom. The van der Waals surface area contributed by atoms with Crippen molar-refractivity contribution in [2.75, 3.05) is 0 Å². The van der Waals surface area contributed by atoms with Gasteiger partial charge in [0, 0.05) is 16.1 Å². The second-order valence-electron chi connectivity index (χ2n) is 4.06. The van der Waals surface area contributed by atoms with Gasteiger partial charge in [0.25, 0.3) is 0 Å². The van der Waals surface area contributed by atoms with Crippen LogP contribution >= 0.6 is 15.9 Å². The summed E-state index contributed by atoms with van der Waals surface area (Å²) in [6.45, 7) is 0. The summed E-state index contributed by atoms with van der Waals surface area (Å²) in [6, 6.07) is 2.78. The molecule has 4 nitrogen and oxygen atoms in total. The largest absolute Gasteiger partial charge is 0.507 e. The van der Waals surface area contributed by atoms with E-state index in [0.717, 1.165) is 12.8 Å². The molecule has 0 saturated heterocycles. The molecule has 0 amide bonds. The van der Waals surface area contributed by atoms with E-state index in [-0.39, 0.29) is 17.4 Å². The second-order valence-corrected chi connectivity index (χ2v) is 4.98. The third-order valence-electron chi connectivity index (χ3n) is 2.82. The van der Waals surface area contributed by atoms with Crippen molar-refractivity contribution in [2.45, 2.75) is 18.9 Å². The minimum absolute atomic E-state index is 0.111. The van der Waals surface area contributed by atoms with Crippen LogP contribution in [0.5, 0.6) is 5.75 Å². The number of benzene rings is 1. The topological polar surface area (TPSA) is 83.6 Å². The molecule has 1 aromatic rings. The van der Waals surface area contributed by atoms with Crippen molar-refractivity contribution in [1.29, 1.82) is 0 Å². The van der Waals surface area contributed by atoms with Gasteiger partial charge in [0.15, 0.2) is 0 Å². The molecule has 4 N–H and O–H groups in total. The number of phenols is 1. The van der Waals surface area contributed by atoms with Gasteiger partial charge < -0.3 is 15.9 Å². The first kappa shape index (κ1) is 11.4. The van der Waals surface area contributed by atoms with Gasteiger partial charge >= 0.3 is 5.97 Å². The number of carboxylic acid groups (broad SMARTS) is 1. The maximum Gasteiger partial charge on any atom is 0.339 e. The fourth-order valence-electron chi connectivity index (χ4n) is 1.75. The summed E-state index contributed by atoms with van der Waals surface area (Å²) < 4.78 is 0.619. The molecular weight excluding hydrogens is 274 g/mol. The molecule has 0 bridgehead atoms. The first-order valence-corrected chi connectivity index (χ1v) is 5.81. The molecule has 1 aromatic carbocycles. The Morgan fingerprint density at radius 2 is 2.12 bits per heavy atom. The number of hydrogen-bond acceptors (Lipinski definition) is 3. The number of rotatable bonds is 3. The van der Waals surface area contributed by atoms with Crippen molar-refractivity contribution in [2.24, 2.45) is 11.7 Å². The van der Waals surface area contributed by atoms with Gasteiger partial charge in [-0.1, -0.05) is 15.9 Å². The smallest absolute Gasteiger partial charge is 0.339 e.